The summed E-state index contributed by atoms with van der Waals surface area (Å²) in [5, 5.41) is 3.44. The summed E-state index contributed by atoms with van der Waals surface area (Å²) in [6, 6.07) is 96.1. The molecule has 0 saturated carbocycles. The molecule has 328 valence electrons. The highest BCUT2D eigenvalue weighted by molar-refractivity contribution is 6.13. The van der Waals surface area contributed by atoms with E-state index in [0.29, 0.717) is 0 Å². The highest BCUT2D eigenvalue weighted by Crippen LogP contribution is 2.41. The van der Waals surface area contributed by atoms with E-state index < -0.39 is 0 Å². The molecule has 2 heteroatoms. The Bertz CT molecular complexity index is 3960. The lowest BCUT2D eigenvalue weighted by atomic mass is 9.96. The van der Waals surface area contributed by atoms with Gasteiger partial charge < -0.3 is 8.98 Å². The SMILES string of the molecule is c1ccc(-c2ccc(-c3ccc(-c4ccc5c(c4)c(-c4ccc(-c6ccc(-c7ccccc7)cc6)cc4)cn5-c4ccc(-c5cccc6c5oc5c(-c7ccccc7)cccc56)cc4)cc3)cc2)cc1. The van der Waals surface area contributed by atoms with Crippen molar-refractivity contribution in [1.82, 2.24) is 4.57 Å². The number of para-hydroxylation sites is 2. The molecule has 0 unspecified atom stereocenters. The van der Waals surface area contributed by atoms with Gasteiger partial charge in [-0.15, -0.1) is 0 Å². The lowest BCUT2D eigenvalue weighted by Crippen LogP contribution is -1.92. The Morgan fingerprint density at radius 2 is 0.557 bits per heavy atom. The van der Waals surface area contributed by atoms with E-state index in [1.54, 1.807) is 0 Å². The molecule has 0 fully saturated rings. The molecule has 0 amide bonds. The van der Waals surface area contributed by atoms with Crippen molar-refractivity contribution in [2.75, 3.05) is 0 Å². The van der Waals surface area contributed by atoms with Gasteiger partial charge in [-0.25, -0.2) is 0 Å². The maximum atomic E-state index is 6.80. The summed E-state index contributed by atoms with van der Waals surface area (Å²) < 4.78 is 9.14. The van der Waals surface area contributed by atoms with Crippen LogP contribution in [0.25, 0.3) is 128 Å². The summed E-state index contributed by atoms with van der Waals surface area (Å²) in [7, 11) is 0. The first-order chi connectivity index (χ1) is 34.7. The zero-order valence-electron chi connectivity index (χ0n) is 38.3. The first-order valence-corrected chi connectivity index (χ1v) is 24.0. The minimum Gasteiger partial charge on any atom is -0.455 e. The summed E-state index contributed by atoms with van der Waals surface area (Å²) in [6.45, 7) is 0. The van der Waals surface area contributed by atoms with Crippen LogP contribution < -0.4 is 0 Å². The second-order valence-corrected chi connectivity index (χ2v) is 18.1. The number of hydrogen-bond acceptors (Lipinski definition) is 1. The summed E-state index contributed by atoms with van der Waals surface area (Å²) in [4.78, 5) is 0. The molecule has 0 aliphatic carbocycles. The summed E-state index contributed by atoms with van der Waals surface area (Å²) in [6.07, 6.45) is 2.31. The molecule has 0 spiro atoms. The lowest BCUT2D eigenvalue weighted by molar-refractivity contribution is 0.671. The molecule has 13 rings (SSSR count). The second kappa shape index (κ2) is 17.4. The minimum absolute atomic E-state index is 0.902. The summed E-state index contributed by atoms with van der Waals surface area (Å²) >= 11 is 0. The predicted octanol–water partition coefficient (Wildman–Crippen LogP) is 18.9. The van der Waals surface area contributed by atoms with Gasteiger partial charge in [0.15, 0.2) is 0 Å². The number of aromatic nitrogens is 1. The number of hydrogen-bond donors (Lipinski definition) is 0. The molecular weight excluding hydrogens is 847 g/mol. The van der Waals surface area contributed by atoms with Gasteiger partial charge in [0.2, 0.25) is 0 Å². The number of nitrogens with zero attached hydrogens (tertiary/aromatic N) is 1. The molecule has 0 atom stereocenters. The fourth-order valence-corrected chi connectivity index (χ4v) is 10.2. The average Bonchev–Trinajstić information content (AvgIpc) is 4.03. The Labute approximate surface area is 407 Å². The van der Waals surface area contributed by atoms with Gasteiger partial charge in [-0.1, -0.05) is 243 Å². The van der Waals surface area contributed by atoms with Crippen LogP contribution in [0.2, 0.25) is 0 Å². The summed E-state index contributed by atoms with van der Waals surface area (Å²) in [5.74, 6) is 0. The van der Waals surface area contributed by atoms with E-state index in [1.165, 1.54) is 72.1 Å². The third kappa shape index (κ3) is 7.49. The molecule has 2 aromatic heterocycles. The molecule has 0 aliphatic heterocycles. The van der Waals surface area contributed by atoms with Crippen LogP contribution >= 0.6 is 0 Å². The van der Waals surface area contributed by atoms with Crippen molar-refractivity contribution in [3.63, 3.8) is 0 Å². The van der Waals surface area contributed by atoms with Crippen molar-refractivity contribution in [2.24, 2.45) is 0 Å². The molecular formula is C68H45NO. The molecule has 0 N–H and O–H groups in total. The van der Waals surface area contributed by atoms with E-state index >= 15 is 0 Å². The van der Waals surface area contributed by atoms with E-state index in [4.69, 9.17) is 4.42 Å². The maximum Gasteiger partial charge on any atom is 0.143 e. The normalized spacial score (nSPS) is 11.4. The van der Waals surface area contributed by atoms with Crippen LogP contribution in [0.15, 0.2) is 278 Å². The Morgan fingerprint density at radius 3 is 1.00 bits per heavy atom. The number of furan rings is 1. The van der Waals surface area contributed by atoms with Gasteiger partial charge in [-0.3, -0.25) is 0 Å². The highest BCUT2D eigenvalue weighted by Gasteiger charge is 2.18. The van der Waals surface area contributed by atoms with Crippen LogP contribution in [0.3, 0.4) is 0 Å². The molecule has 0 saturated heterocycles. The number of benzene rings is 11. The van der Waals surface area contributed by atoms with Gasteiger partial charge >= 0.3 is 0 Å². The third-order valence-corrected chi connectivity index (χ3v) is 13.9. The monoisotopic (exact) mass is 891 g/mol. The van der Waals surface area contributed by atoms with E-state index in [0.717, 1.165) is 55.4 Å². The zero-order chi connectivity index (χ0) is 46.4. The smallest absolute Gasteiger partial charge is 0.143 e. The zero-order valence-corrected chi connectivity index (χ0v) is 38.3. The van der Waals surface area contributed by atoms with Crippen LogP contribution in [0.4, 0.5) is 0 Å². The summed E-state index contributed by atoms with van der Waals surface area (Å²) in [5.41, 5.74) is 22.9. The number of fused-ring (bicyclic) bond motifs is 4. The minimum atomic E-state index is 0.902. The van der Waals surface area contributed by atoms with Crippen molar-refractivity contribution in [3.05, 3.63) is 273 Å². The van der Waals surface area contributed by atoms with Crippen molar-refractivity contribution in [2.45, 2.75) is 0 Å². The first-order valence-electron chi connectivity index (χ1n) is 24.0. The van der Waals surface area contributed by atoms with Crippen LogP contribution in [-0.4, -0.2) is 4.57 Å². The van der Waals surface area contributed by atoms with E-state index in [-0.39, 0.29) is 0 Å². The molecule has 2 nitrogen and oxygen atoms in total. The van der Waals surface area contributed by atoms with Gasteiger partial charge in [0.05, 0.1) is 5.52 Å². The van der Waals surface area contributed by atoms with Crippen LogP contribution in [0.5, 0.6) is 0 Å². The van der Waals surface area contributed by atoms with Crippen molar-refractivity contribution >= 4 is 32.8 Å². The van der Waals surface area contributed by atoms with E-state index in [9.17, 15) is 0 Å². The molecule has 0 aliphatic rings. The fraction of sp³-hybridized carbons (Fsp3) is 0. The molecule has 13 aromatic rings. The Morgan fingerprint density at radius 1 is 0.229 bits per heavy atom. The molecule has 0 radical (unpaired) electrons. The van der Waals surface area contributed by atoms with Crippen LogP contribution in [-0.2, 0) is 0 Å². The Balaban J connectivity index is 0.859. The quantitative estimate of drug-likeness (QED) is 0.141. The standard InChI is InChI=1S/C68H45NO/c1-4-12-46(13-5-1)48-22-26-50(27-23-48)52-30-32-54(33-31-52)58-40-43-66-64(44-58)65(57-36-34-53(35-37-57)51-28-24-49(25-29-51)47-14-6-2-7-15-47)45-69(66)59-41-38-56(39-42-59)61-19-11-21-63-62-20-10-18-60(67(62)70-68(61)63)55-16-8-3-9-17-55/h1-45H. The first kappa shape index (κ1) is 41.0. The van der Waals surface area contributed by atoms with Crippen molar-refractivity contribution in [3.8, 4) is 94.7 Å². The topological polar surface area (TPSA) is 18.1 Å². The number of rotatable bonds is 9. The average molecular weight is 892 g/mol. The van der Waals surface area contributed by atoms with Crippen LogP contribution in [0.1, 0.15) is 0 Å². The largest absolute Gasteiger partial charge is 0.455 e. The second-order valence-electron chi connectivity index (χ2n) is 18.1. The van der Waals surface area contributed by atoms with E-state index in [2.05, 4.69) is 278 Å². The van der Waals surface area contributed by atoms with Crippen molar-refractivity contribution in [1.29, 1.82) is 0 Å². The Kier molecular flexibility index (Phi) is 10.2. The fourth-order valence-electron chi connectivity index (χ4n) is 10.2. The Hall–Kier alpha value is -9.24. The van der Waals surface area contributed by atoms with Gasteiger partial charge in [0, 0.05) is 44.7 Å². The molecule has 11 aromatic carbocycles. The molecule has 2 heterocycles. The van der Waals surface area contributed by atoms with Gasteiger partial charge in [-0.2, -0.15) is 0 Å². The van der Waals surface area contributed by atoms with Gasteiger partial charge in [0.25, 0.3) is 0 Å². The third-order valence-electron chi connectivity index (χ3n) is 13.9. The van der Waals surface area contributed by atoms with Gasteiger partial charge in [0.1, 0.15) is 11.2 Å². The lowest BCUT2D eigenvalue weighted by Gasteiger charge is -2.09. The highest BCUT2D eigenvalue weighted by atomic mass is 16.3. The van der Waals surface area contributed by atoms with Gasteiger partial charge in [-0.05, 0) is 96.6 Å². The van der Waals surface area contributed by atoms with E-state index in [1.807, 2.05) is 0 Å². The molecule has 70 heavy (non-hydrogen) atoms. The molecule has 0 bridgehead atoms. The predicted molar refractivity (Wildman–Crippen MR) is 294 cm³/mol. The van der Waals surface area contributed by atoms with Crippen LogP contribution in [0, 0.1) is 0 Å². The van der Waals surface area contributed by atoms with Crippen molar-refractivity contribution < 1.29 is 4.42 Å². The maximum absolute atomic E-state index is 6.80.